The number of morpholine rings is 1. The van der Waals surface area contributed by atoms with Crippen LogP contribution >= 0.6 is 0 Å². The van der Waals surface area contributed by atoms with Crippen molar-refractivity contribution in [1.82, 2.24) is 10.2 Å². The van der Waals surface area contributed by atoms with Gasteiger partial charge in [0.15, 0.2) is 5.82 Å². The van der Waals surface area contributed by atoms with Crippen LogP contribution in [0.1, 0.15) is 18.4 Å². The number of nitrogens with zero attached hydrogens (tertiary/aromatic N) is 3. The zero-order valence-electron chi connectivity index (χ0n) is 10.8. The SMILES string of the molecule is NCCCCc1c(N2CCOCC2)n[nH]c1[N+](=O)[O-]. The molecular formula is C11H19N5O3. The molecule has 0 atom stereocenters. The second kappa shape index (κ2) is 6.48. The number of ether oxygens (including phenoxy) is 1. The summed E-state index contributed by atoms with van der Waals surface area (Å²) in [6.07, 6.45) is 2.30. The van der Waals surface area contributed by atoms with Crippen LogP contribution in [0.3, 0.4) is 0 Å². The molecule has 1 aromatic rings. The van der Waals surface area contributed by atoms with Crippen LogP contribution in [0.25, 0.3) is 0 Å². The number of rotatable bonds is 6. The maximum Gasteiger partial charge on any atom is 0.348 e. The maximum absolute atomic E-state index is 11.0. The largest absolute Gasteiger partial charge is 0.378 e. The number of aromatic amines is 1. The number of H-pyrrole nitrogens is 1. The Hall–Kier alpha value is -1.67. The summed E-state index contributed by atoms with van der Waals surface area (Å²) in [4.78, 5) is 12.6. The highest BCUT2D eigenvalue weighted by Gasteiger charge is 2.26. The van der Waals surface area contributed by atoms with E-state index in [2.05, 4.69) is 10.2 Å². The summed E-state index contributed by atoms with van der Waals surface area (Å²) < 4.78 is 5.28. The van der Waals surface area contributed by atoms with Crippen molar-refractivity contribution in [3.63, 3.8) is 0 Å². The fraction of sp³-hybridized carbons (Fsp3) is 0.727. The Morgan fingerprint density at radius 3 is 2.79 bits per heavy atom. The van der Waals surface area contributed by atoms with Gasteiger partial charge in [-0.1, -0.05) is 5.10 Å². The lowest BCUT2D eigenvalue weighted by molar-refractivity contribution is -0.390. The van der Waals surface area contributed by atoms with Crippen molar-refractivity contribution in [1.29, 1.82) is 0 Å². The fourth-order valence-corrected chi connectivity index (χ4v) is 2.21. The summed E-state index contributed by atoms with van der Waals surface area (Å²) in [6.45, 7) is 3.28. The van der Waals surface area contributed by atoms with Gasteiger partial charge >= 0.3 is 5.82 Å². The van der Waals surface area contributed by atoms with E-state index in [1.807, 2.05) is 4.90 Å². The van der Waals surface area contributed by atoms with Gasteiger partial charge in [0.25, 0.3) is 0 Å². The minimum absolute atomic E-state index is 0.00138. The third-order valence-corrected chi connectivity index (χ3v) is 3.20. The molecule has 1 aromatic heterocycles. The third kappa shape index (κ3) is 3.21. The summed E-state index contributed by atoms with van der Waals surface area (Å²) in [5, 5.41) is 17.7. The Labute approximate surface area is 111 Å². The lowest BCUT2D eigenvalue weighted by atomic mass is 10.1. The first-order valence-corrected chi connectivity index (χ1v) is 6.48. The first kappa shape index (κ1) is 13.8. The standard InChI is InChI=1S/C11H19N5O3/c12-4-2-1-3-9-10(13-14-11(9)16(17)18)15-5-7-19-8-6-15/h1-8,12H2,(H,13,14). The molecule has 0 saturated carbocycles. The van der Waals surface area contributed by atoms with Gasteiger partial charge in [0, 0.05) is 13.1 Å². The predicted octanol–water partition coefficient (Wildman–Crippen LogP) is 0.436. The van der Waals surface area contributed by atoms with Crippen LogP contribution in [-0.2, 0) is 11.2 Å². The Bertz CT molecular complexity index is 428. The van der Waals surface area contributed by atoms with E-state index in [0.717, 1.165) is 12.8 Å². The third-order valence-electron chi connectivity index (χ3n) is 3.20. The van der Waals surface area contributed by atoms with Gasteiger partial charge in [-0.05, 0) is 30.7 Å². The molecule has 3 N–H and O–H groups in total. The van der Waals surface area contributed by atoms with E-state index in [0.29, 0.717) is 50.7 Å². The van der Waals surface area contributed by atoms with Crippen molar-refractivity contribution in [2.75, 3.05) is 37.7 Å². The number of hydrogen-bond donors (Lipinski definition) is 2. The zero-order valence-corrected chi connectivity index (χ0v) is 10.8. The molecule has 0 radical (unpaired) electrons. The quantitative estimate of drug-likeness (QED) is 0.440. The Kier molecular flexibility index (Phi) is 4.69. The molecule has 1 aliphatic heterocycles. The van der Waals surface area contributed by atoms with Crippen LogP contribution in [0.2, 0.25) is 0 Å². The van der Waals surface area contributed by atoms with Gasteiger partial charge in [-0.2, -0.15) is 0 Å². The average molecular weight is 269 g/mol. The minimum Gasteiger partial charge on any atom is -0.378 e. The number of hydrogen-bond acceptors (Lipinski definition) is 6. The van der Waals surface area contributed by atoms with Crippen LogP contribution in [0.5, 0.6) is 0 Å². The topological polar surface area (TPSA) is 110 Å². The lowest BCUT2D eigenvalue weighted by Crippen LogP contribution is -2.37. The van der Waals surface area contributed by atoms with E-state index in [1.165, 1.54) is 0 Å². The van der Waals surface area contributed by atoms with Crippen molar-refractivity contribution in [3.8, 4) is 0 Å². The van der Waals surface area contributed by atoms with E-state index in [9.17, 15) is 10.1 Å². The van der Waals surface area contributed by atoms with E-state index < -0.39 is 4.92 Å². The Balaban J connectivity index is 2.18. The second-order valence-corrected chi connectivity index (χ2v) is 4.48. The summed E-state index contributed by atoms with van der Waals surface area (Å²) in [5.74, 6) is 0.686. The number of unbranched alkanes of at least 4 members (excludes halogenated alkanes) is 1. The monoisotopic (exact) mass is 269 g/mol. The van der Waals surface area contributed by atoms with Crippen molar-refractivity contribution >= 4 is 11.6 Å². The normalized spacial score (nSPS) is 15.7. The van der Waals surface area contributed by atoms with Gasteiger partial charge in [0.2, 0.25) is 0 Å². The Morgan fingerprint density at radius 2 is 2.16 bits per heavy atom. The lowest BCUT2D eigenvalue weighted by Gasteiger charge is -2.26. The smallest absolute Gasteiger partial charge is 0.348 e. The Morgan fingerprint density at radius 1 is 1.42 bits per heavy atom. The van der Waals surface area contributed by atoms with Crippen molar-refractivity contribution in [3.05, 3.63) is 15.7 Å². The molecule has 0 aliphatic carbocycles. The van der Waals surface area contributed by atoms with Gasteiger partial charge < -0.3 is 25.5 Å². The molecule has 1 aliphatic rings. The van der Waals surface area contributed by atoms with Crippen LogP contribution in [0, 0.1) is 10.1 Å². The molecule has 1 saturated heterocycles. The summed E-state index contributed by atoms with van der Waals surface area (Å²) in [6, 6.07) is 0. The number of anilines is 1. The van der Waals surface area contributed by atoms with Crippen LogP contribution < -0.4 is 10.6 Å². The van der Waals surface area contributed by atoms with Gasteiger partial charge in [-0.3, -0.25) is 0 Å². The zero-order chi connectivity index (χ0) is 13.7. The van der Waals surface area contributed by atoms with Gasteiger partial charge in [-0.15, -0.1) is 5.10 Å². The predicted molar refractivity (Wildman–Crippen MR) is 70.3 cm³/mol. The summed E-state index contributed by atoms with van der Waals surface area (Å²) in [7, 11) is 0. The average Bonchev–Trinajstić information content (AvgIpc) is 2.84. The van der Waals surface area contributed by atoms with Gasteiger partial charge in [0.1, 0.15) is 0 Å². The number of aromatic nitrogens is 2. The van der Waals surface area contributed by atoms with Crippen molar-refractivity contribution in [2.24, 2.45) is 5.73 Å². The highest BCUT2D eigenvalue weighted by molar-refractivity contribution is 5.54. The summed E-state index contributed by atoms with van der Waals surface area (Å²) in [5.41, 5.74) is 6.14. The van der Waals surface area contributed by atoms with Crippen molar-refractivity contribution in [2.45, 2.75) is 19.3 Å². The maximum atomic E-state index is 11.0. The van der Waals surface area contributed by atoms with Crippen LogP contribution in [0.4, 0.5) is 11.6 Å². The number of nitro groups is 1. The molecule has 2 rings (SSSR count). The molecule has 0 bridgehead atoms. The van der Waals surface area contributed by atoms with Crippen LogP contribution in [-0.4, -0.2) is 48.0 Å². The van der Waals surface area contributed by atoms with Gasteiger partial charge in [0.05, 0.1) is 18.8 Å². The van der Waals surface area contributed by atoms with E-state index in [-0.39, 0.29) is 5.82 Å². The molecule has 0 amide bonds. The molecule has 0 unspecified atom stereocenters. The minimum atomic E-state index is -0.408. The second-order valence-electron chi connectivity index (χ2n) is 4.48. The first-order valence-electron chi connectivity index (χ1n) is 6.48. The first-order chi connectivity index (χ1) is 9.24. The molecule has 19 heavy (non-hydrogen) atoms. The molecule has 1 fully saturated rings. The summed E-state index contributed by atoms with van der Waals surface area (Å²) >= 11 is 0. The van der Waals surface area contributed by atoms with Crippen molar-refractivity contribution < 1.29 is 9.66 Å². The number of nitrogens with one attached hydrogen (secondary N) is 1. The molecule has 8 heteroatoms. The molecule has 2 heterocycles. The van der Waals surface area contributed by atoms with E-state index >= 15 is 0 Å². The van der Waals surface area contributed by atoms with E-state index in [4.69, 9.17) is 10.5 Å². The molecule has 0 spiro atoms. The fourth-order valence-electron chi connectivity index (χ4n) is 2.21. The van der Waals surface area contributed by atoms with E-state index in [1.54, 1.807) is 0 Å². The molecule has 106 valence electrons. The van der Waals surface area contributed by atoms with Crippen LogP contribution in [0.15, 0.2) is 0 Å². The molecule has 8 nitrogen and oxygen atoms in total. The highest BCUT2D eigenvalue weighted by Crippen LogP contribution is 2.28. The van der Waals surface area contributed by atoms with Gasteiger partial charge in [-0.25, -0.2) is 0 Å². The highest BCUT2D eigenvalue weighted by atomic mass is 16.6. The number of nitrogens with two attached hydrogens (primary N) is 1. The molecule has 0 aromatic carbocycles. The molecular weight excluding hydrogens is 250 g/mol.